The standard InChI is InChI=1S/C13H26N2O4S/c1-11(2)15-8-6-12(7-9-15)14-20(17,18)10-4-5-13(16)19-3/h11-12,14H,4-10H2,1-3H3. The zero-order valence-corrected chi connectivity index (χ0v) is 13.4. The van der Waals surface area contributed by atoms with Crippen LogP contribution in [0.3, 0.4) is 0 Å². The van der Waals surface area contributed by atoms with Gasteiger partial charge in [0.05, 0.1) is 12.9 Å². The first-order valence-electron chi connectivity index (χ1n) is 7.15. The molecule has 6 nitrogen and oxygen atoms in total. The smallest absolute Gasteiger partial charge is 0.305 e. The minimum Gasteiger partial charge on any atom is -0.469 e. The molecule has 0 aromatic rings. The van der Waals surface area contributed by atoms with E-state index in [9.17, 15) is 13.2 Å². The molecule has 0 aliphatic carbocycles. The van der Waals surface area contributed by atoms with E-state index in [4.69, 9.17) is 0 Å². The summed E-state index contributed by atoms with van der Waals surface area (Å²) in [5.74, 6) is -0.391. The average Bonchev–Trinajstić information content (AvgIpc) is 2.38. The molecule has 1 N–H and O–H groups in total. The highest BCUT2D eigenvalue weighted by molar-refractivity contribution is 7.89. The largest absolute Gasteiger partial charge is 0.469 e. The Labute approximate surface area is 121 Å². The van der Waals surface area contributed by atoms with Crippen LogP contribution in [0.15, 0.2) is 0 Å². The maximum atomic E-state index is 11.9. The second-order valence-corrected chi connectivity index (χ2v) is 7.39. The van der Waals surface area contributed by atoms with Crippen molar-refractivity contribution in [2.45, 2.75) is 51.6 Å². The normalized spacial score (nSPS) is 18.4. The van der Waals surface area contributed by atoms with E-state index in [-0.39, 0.29) is 24.2 Å². The maximum Gasteiger partial charge on any atom is 0.305 e. The molecule has 0 radical (unpaired) electrons. The van der Waals surface area contributed by atoms with Crippen LogP contribution in [0.1, 0.15) is 39.5 Å². The van der Waals surface area contributed by atoms with Crippen LogP contribution in [-0.2, 0) is 19.6 Å². The summed E-state index contributed by atoms with van der Waals surface area (Å²) in [5, 5.41) is 0. The van der Waals surface area contributed by atoms with Crippen LogP contribution in [0, 0.1) is 0 Å². The molecule has 0 saturated carbocycles. The highest BCUT2D eigenvalue weighted by Crippen LogP contribution is 2.14. The van der Waals surface area contributed by atoms with E-state index in [1.165, 1.54) is 7.11 Å². The van der Waals surface area contributed by atoms with Crippen LogP contribution in [0.4, 0.5) is 0 Å². The molecule has 0 unspecified atom stereocenters. The van der Waals surface area contributed by atoms with Crippen LogP contribution in [0.2, 0.25) is 0 Å². The van der Waals surface area contributed by atoms with Gasteiger partial charge in [0.25, 0.3) is 0 Å². The molecule has 0 aromatic heterocycles. The Morgan fingerprint density at radius 1 is 1.35 bits per heavy atom. The Bertz CT molecular complexity index is 401. The Hall–Kier alpha value is -0.660. The second kappa shape index (κ2) is 7.95. The van der Waals surface area contributed by atoms with Gasteiger partial charge in [-0.1, -0.05) is 0 Å². The number of methoxy groups -OCH3 is 1. The molecule has 7 heteroatoms. The van der Waals surface area contributed by atoms with Crippen LogP contribution < -0.4 is 4.72 Å². The fourth-order valence-corrected chi connectivity index (χ4v) is 3.74. The molecule has 1 saturated heterocycles. The van der Waals surface area contributed by atoms with Crippen molar-refractivity contribution in [1.29, 1.82) is 0 Å². The van der Waals surface area contributed by atoms with E-state index in [1.54, 1.807) is 0 Å². The molecule has 0 atom stereocenters. The molecule has 0 aromatic carbocycles. The number of hydrogen-bond acceptors (Lipinski definition) is 5. The van der Waals surface area contributed by atoms with Crippen molar-refractivity contribution in [3.8, 4) is 0 Å². The number of esters is 1. The van der Waals surface area contributed by atoms with E-state index < -0.39 is 10.0 Å². The van der Waals surface area contributed by atoms with Gasteiger partial charge < -0.3 is 9.64 Å². The second-order valence-electron chi connectivity index (χ2n) is 5.52. The third-order valence-electron chi connectivity index (χ3n) is 3.63. The van der Waals surface area contributed by atoms with Crippen molar-refractivity contribution in [3.05, 3.63) is 0 Å². The molecule has 20 heavy (non-hydrogen) atoms. The highest BCUT2D eigenvalue weighted by Gasteiger charge is 2.24. The third kappa shape index (κ3) is 6.19. The van der Waals surface area contributed by atoms with Crippen LogP contribution in [0.25, 0.3) is 0 Å². The van der Waals surface area contributed by atoms with Crippen molar-refractivity contribution >= 4 is 16.0 Å². The van der Waals surface area contributed by atoms with Gasteiger partial charge >= 0.3 is 5.97 Å². The first-order chi connectivity index (χ1) is 9.34. The van der Waals surface area contributed by atoms with E-state index in [0.717, 1.165) is 25.9 Å². The maximum absolute atomic E-state index is 11.9. The summed E-state index contributed by atoms with van der Waals surface area (Å²) in [6.45, 7) is 6.15. The lowest BCUT2D eigenvalue weighted by Gasteiger charge is -2.34. The number of hydrogen-bond donors (Lipinski definition) is 1. The highest BCUT2D eigenvalue weighted by atomic mass is 32.2. The number of nitrogens with one attached hydrogen (secondary N) is 1. The molecule has 0 bridgehead atoms. The molecular formula is C13H26N2O4S. The first kappa shape index (κ1) is 17.4. The Kier molecular flexibility index (Phi) is 6.91. The molecule has 0 amide bonds. The molecule has 1 fully saturated rings. The van der Waals surface area contributed by atoms with Gasteiger partial charge in [-0.2, -0.15) is 0 Å². The quantitative estimate of drug-likeness (QED) is 0.702. The average molecular weight is 306 g/mol. The molecule has 0 spiro atoms. The lowest BCUT2D eigenvalue weighted by Crippen LogP contribution is -2.47. The van der Waals surface area contributed by atoms with Crippen molar-refractivity contribution in [2.24, 2.45) is 0 Å². The molecule has 1 heterocycles. The Balaban J connectivity index is 2.31. The van der Waals surface area contributed by atoms with E-state index in [0.29, 0.717) is 12.5 Å². The molecule has 118 valence electrons. The van der Waals surface area contributed by atoms with Gasteiger partial charge in [-0.3, -0.25) is 4.79 Å². The predicted molar refractivity (Wildman–Crippen MR) is 77.9 cm³/mol. The summed E-state index contributed by atoms with van der Waals surface area (Å²) >= 11 is 0. The Morgan fingerprint density at radius 3 is 2.45 bits per heavy atom. The fourth-order valence-electron chi connectivity index (χ4n) is 2.36. The number of rotatable bonds is 7. The van der Waals surface area contributed by atoms with Gasteiger partial charge in [-0.25, -0.2) is 13.1 Å². The van der Waals surface area contributed by atoms with Crippen molar-refractivity contribution in [3.63, 3.8) is 0 Å². The number of sulfonamides is 1. The SMILES string of the molecule is COC(=O)CCCS(=O)(=O)NC1CCN(C(C)C)CC1. The van der Waals surface area contributed by atoms with Gasteiger partial charge in [0.1, 0.15) is 0 Å². The van der Waals surface area contributed by atoms with Crippen LogP contribution >= 0.6 is 0 Å². The molecule has 1 aliphatic heterocycles. The fraction of sp³-hybridized carbons (Fsp3) is 0.923. The monoisotopic (exact) mass is 306 g/mol. The Morgan fingerprint density at radius 2 is 1.95 bits per heavy atom. The summed E-state index contributed by atoms with van der Waals surface area (Å²) in [6.07, 6.45) is 2.12. The van der Waals surface area contributed by atoms with E-state index in [1.807, 2.05) is 0 Å². The summed E-state index contributed by atoms with van der Waals surface area (Å²) in [5.41, 5.74) is 0. The molecular weight excluding hydrogens is 280 g/mol. The number of ether oxygens (including phenoxy) is 1. The summed E-state index contributed by atoms with van der Waals surface area (Å²) in [7, 11) is -2.00. The summed E-state index contributed by atoms with van der Waals surface area (Å²) in [6, 6.07) is 0.528. The van der Waals surface area contributed by atoms with Gasteiger partial charge in [0.15, 0.2) is 0 Å². The number of likely N-dealkylation sites (tertiary alicyclic amines) is 1. The number of carbonyl (C=O) groups excluding carboxylic acids is 1. The molecule has 1 rings (SSSR count). The predicted octanol–water partition coefficient (Wildman–Crippen LogP) is 0.732. The minimum atomic E-state index is -3.30. The third-order valence-corrected chi connectivity index (χ3v) is 5.15. The zero-order chi connectivity index (χ0) is 15.2. The van der Waals surface area contributed by atoms with Crippen LogP contribution in [-0.4, -0.2) is 57.3 Å². The van der Waals surface area contributed by atoms with Gasteiger partial charge in [0, 0.05) is 18.5 Å². The lowest BCUT2D eigenvalue weighted by atomic mass is 10.1. The van der Waals surface area contributed by atoms with E-state index >= 15 is 0 Å². The van der Waals surface area contributed by atoms with Gasteiger partial charge in [-0.15, -0.1) is 0 Å². The lowest BCUT2D eigenvalue weighted by molar-refractivity contribution is -0.140. The van der Waals surface area contributed by atoms with E-state index in [2.05, 4.69) is 28.2 Å². The van der Waals surface area contributed by atoms with Crippen molar-refractivity contribution < 1.29 is 17.9 Å². The summed E-state index contributed by atoms with van der Waals surface area (Å²) < 4.78 is 31.0. The topological polar surface area (TPSA) is 75.7 Å². The zero-order valence-electron chi connectivity index (χ0n) is 12.6. The van der Waals surface area contributed by atoms with Gasteiger partial charge in [-0.05, 0) is 46.2 Å². The van der Waals surface area contributed by atoms with Gasteiger partial charge in [0.2, 0.25) is 10.0 Å². The number of carbonyl (C=O) groups is 1. The number of nitrogens with zero attached hydrogens (tertiary/aromatic N) is 1. The number of piperidine rings is 1. The van der Waals surface area contributed by atoms with Crippen molar-refractivity contribution in [1.82, 2.24) is 9.62 Å². The summed E-state index contributed by atoms with van der Waals surface area (Å²) in [4.78, 5) is 13.3. The van der Waals surface area contributed by atoms with Crippen LogP contribution in [0.5, 0.6) is 0 Å². The molecule has 1 aliphatic rings. The first-order valence-corrected chi connectivity index (χ1v) is 8.80. The minimum absolute atomic E-state index is 0.0213. The van der Waals surface area contributed by atoms with Crippen molar-refractivity contribution in [2.75, 3.05) is 26.0 Å².